The molecule has 0 aromatic heterocycles. The fourth-order valence-corrected chi connectivity index (χ4v) is 6.67. The first kappa shape index (κ1) is 28.4. The molecule has 200 valence electrons. The van der Waals surface area contributed by atoms with Crippen LogP contribution in [0.1, 0.15) is 36.8 Å². The molecule has 2 atom stereocenters. The highest BCUT2D eigenvalue weighted by Gasteiger charge is 2.73. The van der Waals surface area contributed by atoms with Crippen molar-refractivity contribution in [1.29, 1.82) is 5.26 Å². The van der Waals surface area contributed by atoms with Gasteiger partial charge in [-0.15, -0.1) is 0 Å². The summed E-state index contributed by atoms with van der Waals surface area (Å²) in [5, 5.41) is 11.1. The second kappa shape index (κ2) is 9.59. The van der Waals surface area contributed by atoms with Crippen molar-refractivity contribution in [3.8, 4) is 6.07 Å². The Morgan fingerprint density at radius 2 is 1.51 bits per heavy atom. The minimum absolute atomic E-state index is 0.0253. The van der Waals surface area contributed by atoms with E-state index in [1.54, 1.807) is 6.07 Å². The molecule has 1 aliphatic carbocycles. The van der Waals surface area contributed by atoms with Crippen LogP contribution in [0.5, 0.6) is 0 Å². The van der Waals surface area contributed by atoms with Crippen molar-refractivity contribution in [1.82, 2.24) is 5.32 Å². The van der Waals surface area contributed by atoms with Crippen LogP contribution in [0.3, 0.4) is 0 Å². The summed E-state index contributed by atoms with van der Waals surface area (Å²) in [5.74, 6) is -1.47. The smallest absolute Gasteiger partial charge is 0.352 e. The Balaban J connectivity index is 2.13. The molecule has 0 unspecified atom stereocenters. The molecule has 1 saturated carbocycles. The summed E-state index contributed by atoms with van der Waals surface area (Å²) in [7, 11) is -4.48. The number of hydrogen-bond acceptors (Lipinski definition) is 4. The van der Waals surface area contributed by atoms with Gasteiger partial charge in [0, 0.05) is 11.6 Å². The normalized spacial score (nSPS) is 20.9. The minimum atomic E-state index is -6.35. The van der Waals surface area contributed by atoms with Crippen LogP contribution in [0.25, 0.3) is 0 Å². The molecule has 3 rings (SSSR count). The number of amides is 1. The molecular formula is C23H18F8N2O3S. The Morgan fingerprint density at radius 1 is 0.973 bits per heavy atom. The number of rotatable bonds is 6. The van der Waals surface area contributed by atoms with Crippen molar-refractivity contribution >= 4 is 15.7 Å². The summed E-state index contributed by atoms with van der Waals surface area (Å²) in [4.78, 5) is 11.5. The number of nitrogens with one attached hydrogen (secondary N) is 1. The number of sulfone groups is 1. The van der Waals surface area contributed by atoms with Gasteiger partial charge in [0.2, 0.25) is 5.91 Å². The number of carbonyl (C=O) groups is 1. The summed E-state index contributed by atoms with van der Waals surface area (Å²) < 4.78 is 132. The molecule has 2 aromatic carbocycles. The Bertz CT molecular complexity index is 1290. The Hall–Kier alpha value is -3.21. The van der Waals surface area contributed by atoms with Crippen molar-refractivity contribution in [3.05, 3.63) is 65.5 Å². The first-order chi connectivity index (χ1) is 17.0. The first-order valence-corrected chi connectivity index (χ1v) is 12.1. The maximum absolute atomic E-state index is 14.5. The molecule has 0 saturated heterocycles. The van der Waals surface area contributed by atoms with Crippen LogP contribution >= 0.6 is 0 Å². The third-order valence-electron chi connectivity index (χ3n) is 6.31. The number of nitriles is 1. The largest absolute Gasteiger partial charge is 0.435 e. The quantitative estimate of drug-likeness (QED) is 0.385. The molecule has 0 radical (unpaired) electrons. The zero-order valence-corrected chi connectivity index (χ0v) is 19.4. The third-order valence-corrected chi connectivity index (χ3v) is 8.83. The molecule has 0 heterocycles. The van der Waals surface area contributed by atoms with Gasteiger partial charge in [-0.25, -0.2) is 17.2 Å². The Kier molecular flexibility index (Phi) is 7.35. The van der Waals surface area contributed by atoms with E-state index < -0.39 is 62.4 Å². The lowest BCUT2D eigenvalue weighted by molar-refractivity contribution is -0.348. The second-order valence-electron chi connectivity index (χ2n) is 8.53. The van der Waals surface area contributed by atoms with Crippen LogP contribution in [0.4, 0.5) is 35.1 Å². The highest BCUT2D eigenvalue weighted by Crippen LogP contribution is 2.54. The predicted molar refractivity (Wildman–Crippen MR) is 113 cm³/mol. The molecule has 0 aliphatic heterocycles. The van der Waals surface area contributed by atoms with Gasteiger partial charge < -0.3 is 5.32 Å². The topological polar surface area (TPSA) is 87.0 Å². The van der Waals surface area contributed by atoms with E-state index in [1.807, 2.05) is 0 Å². The van der Waals surface area contributed by atoms with Crippen molar-refractivity contribution in [2.45, 2.75) is 59.4 Å². The van der Waals surface area contributed by atoms with Gasteiger partial charge in [-0.05, 0) is 49.1 Å². The maximum atomic E-state index is 14.5. The molecule has 1 aliphatic rings. The predicted octanol–water partition coefficient (Wildman–Crippen LogP) is 5.37. The Labute approximate surface area is 206 Å². The molecule has 5 nitrogen and oxygen atoms in total. The van der Waals surface area contributed by atoms with Gasteiger partial charge in [-0.3, -0.25) is 4.79 Å². The first-order valence-electron chi connectivity index (χ1n) is 10.6. The summed E-state index contributed by atoms with van der Waals surface area (Å²) in [6, 6.07) is 6.18. The van der Waals surface area contributed by atoms with Gasteiger partial charge in [0.15, 0.2) is 9.84 Å². The lowest BCUT2D eigenvalue weighted by Gasteiger charge is -2.32. The third kappa shape index (κ3) is 4.88. The highest BCUT2D eigenvalue weighted by atomic mass is 32.2. The standard InChI is InChI=1S/C23H18F8N2O3S/c24-16-5-7-18(8-6-16)37(35,36)20(11-9-17(13-20)33-19(34)10-12-32)14-1-3-15(4-2-14)21(25,22(26,27)28)23(29,30)31/h1-8,17H,9-11,13H2,(H,33,34)/t17-,20+/m1/s1. The molecular weight excluding hydrogens is 536 g/mol. The van der Waals surface area contributed by atoms with E-state index in [4.69, 9.17) is 5.26 Å². The van der Waals surface area contributed by atoms with Crippen molar-refractivity contribution in [3.63, 3.8) is 0 Å². The zero-order chi connectivity index (χ0) is 27.9. The average Bonchev–Trinajstić information content (AvgIpc) is 3.23. The summed E-state index contributed by atoms with van der Waals surface area (Å²) >= 11 is 0. The second-order valence-corrected chi connectivity index (χ2v) is 10.8. The number of benzene rings is 2. The zero-order valence-electron chi connectivity index (χ0n) is 18.6. The molecule has 14 heteroatoms. The minimum Gasteiger partial charge on any atom is -0.352 e. The van der Waals surface area contributed by atoms with E-state index >= 15 is 0 Å². The van der Waals surface area contributed by atoms with E-state index in [2.05, 4.69) is 5.32 Å². The maximum Gasteiger partial charge on any atom is 0.435 e. The molecule has 1 amide bonds. The van der Waals surface area contributed by atoms with Crippen LogP contribution in [0, 0.1) is 17.1 Å². The summed E-state index contributed by atoms with van der Waals surface area (Å²) in [6.45, 7) is 0. The lowest BCUT2D eigenvalue weighted by Crippen LogP contribution is -2.50. The summed E-state index contributed by atoms with van der Waals surface area (Å²) in [6.07, 6.45) is -13.8. The van der Waals surface area contributed by atoms with Crippen LogP contribution < -0.4 is 5.32 Å². The summed E-state index contributed by atoms with van der Waals surface area (Å²) in [5.41, 5.74) is -7.74. The molecule has 0 bridgehead atoms. The SMILES string of the molecule is N#CCC(=O)N[C@@H]1CC[C@](c2ccc(C(F)(C(F)(F)F)C(F)(F)F)cc2)(S(=O)(=O)c2ccc(F)cc2)C1. The van der Waals surface area contributed by atoms with Gasteiger partial charge in [-0.1, -0.05) is 24.3 Å². The Morgan fingerprint density at radius 3 is 2.00 bits per heavy atom. The fourth-order valence-electron chi connectivity index (χ4n) is 4.48. The average molecular weight is 554 g/mol. The molecule has 1 N–H and O–H groups in total. The van der Waals surface area contributed by atoms with Crippen LogP contribution in [0.15, 0.2) is 53.4 Å². The van der Waals surface area contributed by atoms with E-state index in [0.29, 0.717) is 12.1 Å². The monoisotopic (exact) mass is 554 g/mol. The van der Waals surface area contributed by atoms with Crippen molar-refractivity contribution in [2.75, 3.05) is 0 Å². The number of nitrogens with zero attached hydrogens (tertiary/aromatic N) is 1. The molecule has 37 heavy (non-hydrogen) atoms. The van der Waals surface area contributed by atoms with Gasteiger partial charge >= 0.3 is 18.0 Å². The van der Waals surface area contributed by atoms with Crippen molar-refractivity contribution < 1.29 is 48.3 Å². The van der Waals surface area contributed by atoms with Gasteiger partial charge in [0.1, 0.15) is 17.0 Å². The van der Waals surface area contributed by atoms with Gasteiger partial charge in [0.25, 0.3) is 0 Å². The number of hydrogen-bond donors (Lipinski definition) is 1. The number of alkyl halides is 7. The molecule has 0 spiro atoms. The van der Waals surface area contributed by atoms with Crippen LogP contribution in [-0.2, 0) is 25.0 Å². The fraction of sp³-hybridized carbons (Fsp3) is 0.391. The van der Waals surface area contributed by atoms with Crippen molar-refractivity contribution in [2.24, 2.45) is 0 Å². The van der Waals surface area contributed by atoms with Crippen LogP contribution in [0.2, 0.25) is 0 Å². The molecule has 2 aromatic rings. The number of carbonyl (C=O) groups excluding carboxylic acids is 1. The van der Waals surface area contributed by atoms with Gasteiger partial charge in [0.05, 0.1) is 11.0 Å². The number of halogens is 8. The van der Waals surface area contributed by atoms with E-state index in [9.17, 15) is 48.3 Å². The highest BCUT2D eigenvalue weighted by molar-refractivity contribution is 7.92. The van der Waals surface area contributed by atoms with E-state index in [-0.39, 0.29) is 41.9 Å². The molecule has 1 fully saturated rings. The van der Waals surface area contributed by atoms with E-state index in [0.717, 1.165) is 24.3 Å². The van der Waals surface area contributed by atoms with E-state index in [1.165, 1.54) is 0 Å². The van der Waals surface area contributed by atoms with Gasteiger partial charge in [-0.2, -0.15) is 31.6 Å². The lowest BCUT2D eigenvalue weighted by atomic mass is 9.89. The van der Waals surface area contributed by atoms with Crippen LogP contribution in [-0.4, -0.2) is 32.7 Å².